The number of hydrogen-bond donors (Lipinski definition) is 2. The molecule has 0 spiro atoms. The molecule has 1 rings (SSSR count). The molecule has 0 fully saturated rings. The van der Waals surface area contributed by atoms with E-state index in [4.69, 9.17) is 11.5 Å². The summed E-state index contributed by atoms with van der Waals surface area (Å²) in [6, 6.07) is 6.38. The topological polar surface area (TPSA) is 52.0 Å². The minimum absolute atomic E-state index is 0.0377. The lowest BCUT2D eigenvalue weighted by Gasteiger charge is -2.18. The largest absolute Gasteiger partial charge is 0.330 e. The molecule has 0 amide bonds. The summed E-state index contributed by atoms with van der Waals surface area (Å²) in [4.78, 5) is 0. The average Bonchev–Trinajstić information content (AvgIpc) is 2.04. The molecule has 13 heavy (non-hydrogen) atoms. The summed E-state index contributed by atoms with van der Waals surface area (Å²) in [5, 5.41) is 0. The zero-order valence-electron chi connectivity index (χ0n) is 7.70. The van der Waals surface area contributed by atoms with E-state index in [0.29, 0.717) is 6.54 Å². The Balaban J connectivity index is 2.91. The molecule has 0 saturated heterocycles. The van der Waals surface area contributed by atoms with Crippen LogP contribution in [-0.4, -0.2) is 12.6 Å². The molecule has 2 unspecified atom stereocenters. The molecule has 1 aromatic rings. The van der Waals surface area contributed by atoms with E-state index in [-0.39, 0.29) is 17.8 Å². The van der Waals surface area contributed by atoms with Crippen LogP contribution in [0.5, 0.6) is 0 Å². The molecule has 0 aromatic heterocycles. The van der Waals surface area contributed by atoms with Crippen molar-refractivity contribution in [3.63, 3.8) is 0 Å². The van der Waals surface area contributed by atoms with E-state index in [2.05, 4.69) is 0 Å². The molecule has 0 saturated carbocycles. The van der Waals surface area contributed by atoms with Gasteiger partial charge in [0.2, 0.25) is 0 Å². The van der Waals surface area contributed by atoms with Crippen molar-refractivity contribution in [3.8, 4) is 0 Å². The molecule has 3 heteroatoms. The smallest absolute Gasteiger partial charge is 0.123 e. The van der Waals surface area contributed by atoms with Crippen LogP contribution in [0.2, 0.25) is 0 Å². The van der Waals surface area contributed by atoms with E-state index in [9.17, 15) is 4.39 Å². The van der Waals surface area contributed by atoms with Crippen LogP contribution in [0.1, 0.15) is 18.4 Å². The number of nitrogens with two attached hydrogens (primary N) is 2. The van der Waals surface area contributed by atoms with Gasteiger partial charge in [-0.2, -0.15) is 0 Å². The maximum Gasteiger partial charge on any atom is 0.123 e. The van der Waals surface area contributed by atoms with Crippen LogP contribution in [0.25, 0.3) is 0 Å². The highest BCUT2D eigenvalue weighted by Crippen LogP contribution is 2.17. The molecule has 0 aliphatic carbocycles. The summed E-state index contributed by atoms with van der Waals surface area (Å²) < 4.78 is 12.8. The minimum atomic E-state index is -0.239. The van der Waals surface area contributed by atoms with E-state index in [1.54, 1.807) is 6.07 Å². The van der Waals surface area contributed by atoms with Crippen LogP contribution >= 0.6 is 0 Å². The van der Waals surface area contributed by atoms with Crippen molar-refractivity contribution in [3.05, 3.63) is 35.6 Å². The molecule has 72 valence electrons. The predicted octanol–water partition coefficient (Wildman–Crippen LogP) is 1.22. The van der Waals surface area contributed by atoms with E-state index in [1.807, 2.05) is 13.0 Å². The number of rotatable bonds is 3. The van der Waals surface area contributed by atoms with Gasteiger partial charge in [-0.05, 0) is 24.6 Å². The van der Waals surface area contributed by atoms with Gasteiger partial charge in [0.05, 0.1) is 0 Å². The van der Waals surface area contributed by atoms with Crippen molar-refractivity contribution < 1.29 is 4.39 Å². The molecule has 0 radical (unpaired) electrons. The summed E-state index contributed by atoms with van der Waals surface area (Å²) in [6.07, 6.45) is 0. The Labute approximate surface area is 77.7 Å². The molecule has 0 heterocycles. The highest BCUT2D eigenvalue weighted by molar-refractivity contribution is 5.22. The zero-order valence-corrected chi connectivity index (χ0v) is 7.70. The Morgan fingerprint density at radius 2 is 2.15 bits per heavy atom. The summed E-state index contributed by atoms with van der Waals surface area (Å²) in [5.74, 6) is -0.202. The lowest BCUT2D eigenvalue weighted by Crippen LogP contribution is -2.30. The lowest BCUT2D eigenvalue weighted by atomic mass is 9.93. The molecule has 1 aromatic carbocycles. The van der Waals surface area contributed by atoms with Gasteiger partial charge in [0.15, 0.2) is 0 Å². The predicted molar refractivity (Wildman–Crippen MR) is 51.8 cm³/mol. The van der Waals surface area contributed by atoms with Crippen molar-refractivity contribution >= 4 is 0 Å². The number of halogens is 1. The van der Waals surface area contributed by atoms with Crippen molar-refractivity contribution in [1.82, 2.24) is 0 Å². The van der Waals surface area contributed by atoms with E-state index < -0.39 is 0 Å². The van der Waals surface area contributed by atoms with Gasteiger partial charge < -0.3 is 11.5 Å². The van der Waals surface area contributed by atoms with Gasteiger partial charge in [-0.3, -0.25) is 0 Å². The fourth-order valence-electron chi connectivity index (χ4n) is 1.39. The summed E-state index contributed by atoms with van der Waals surface area (Å²) in [5.41, 5.74) is 12.2. The minimum Gasteiger partial charge on any atom is -0.330 e. The molecule has 0 bridgehead atoms. The van der Waals surface area contributed by atoms with Crippen molar-refractivity contribution in [2.45, 2.75) is 18.9 Å². The summed E-state index contributed by atoms with van der Waals surface area (Å²) in [6.45, 7) is 2.32. The number of benzene rings is 1. The van der Waals surface area contributed by atoms with Crippen molar-refractivity contribution in [1.29, 1.82) is 0 Å². The van der Waals surface area contributed by atoms with Gasteiger partial charge in [-0.15, -0.1) is 0 Å². The summed E-state index contributed by atoms with van der Waals surface area (Å²) in [7, 11) is 0. The molecular formula is C10H15FN2. The van der Waals surface area contributed by atoms with Gasteiger partial charge >= 0.3 is 0 Å². The maximum absolute atomic E-state index is 12.8. The SMILES string of the molecule is CC(N)C(CN)c1cccc(F)c1. The van der Waals surface area contributed by atoms with E-state index in [0.717, 1.165) is 5.56 Å². The molecular weight excluding hydrogens is 167 g/mol. The maximum atomic E-state index is 12.8. The highest BCUT2D eigenvalue weighted by Gasteiger charge is 2.14. The fraction of sp³-hybridized carbons (Fsp3) is 0.400. The number of hydrogen-bond acceptors (Lipinski definition) is 2. The molecule has 0 aliphatic heterocycles. The standard InChI is InChI=1S/C10H15FN2/c1-7(13)10(6-12)8-3-2-4-9(11)5-8/h2-5,7,10H,6,12-13H2,1H3. The fourth-order valence-corrected chi connectivity index (χ4v) is 1.39. The summed E-state index contributed by atoms with van der Waals surface area (Å²) >= 11 is 0. The molecule has 0 aliphatic rings. The van der Waals surface area contributed by atoms with E-state index in [1.165, 1.54) is 12.1 Å². The first-order valence-corrected chi connectivity index (χ1v) is 4.36. The first-order valence-electron chi connectivity index (χ1n) is 4.36. The van der Waals surface area contributed by atoms with Crippen molar-refractivity contribution in [2.24, 2.45) is 11.5 Å². The highest BCUT2D eigenvalue weighted by atomic mass is 19.1. The van der Waals surface area contributed by atoms with Crippen LogP contribution in [0.15, 0.2) is 24.3 Å². The Morgan fingerprint density at radius 1 is 1.46 bits per heavy atom. The lowest BCUT2D eigenvalue weighted by molar-refractivity contribution is 0.567. The Kier molecular flexibility index (Phi) is 3.39. The first-order chi connectivity index (χ1) is 6.15. The third-order valence-corrected chi connectivity index (χ3v) is 2.17. The van der Waals surface area contributed by atoms with Gasteiger partial charge in [-0.1, -0.05) is 12.1 Å². The zero-order chi connectivity index (χ0) is 9.84. The van der Waals surface area contributed by atoms with Crippen LogP contribution < -0.4 is 11.5 Å². The van der Waals surface area contributed by atoms with Crippen LogP contribution in [0.4, 0.5) is 4.39 Å². The third kappa shape index (κ3) is 2.50. The third-order valence-electron chi connectivity index (χ3n) is 2.17. The Hall–Kier alpha value is -0.930. The van der Waals surface area contributed by atoms with Gasteiger partial charge in [0, 0.05) is 18.5 Å². The van der Waals surface area contributed by atoms with Gasteiger partial charge in [0.25, 0.3) is 0 Å². The first kappa shape index (κ1) is 10.2. The van der Waals surface area contributed by atoms with Crippen LogP contribution in [0, 0.1) is 5.82 Å². The molecule has 2 atom stereocenters. The normalized spacial score (nSPS) is 15.4. The van der Waals surface area contributed by atoms with E-state index >= 15 is 0 Å². The second-order valence-electron chi connectivity index (χ2n) is 3.26. The van der Waals surface area contributed by atoms with Gasteiger partial charge in [-0.25, -0.2) is 4.39 Å². The monoisotopic (exact) mass is 182 g/mol. The second kappa shape index (κ2) is 4.35. The average molecular weight is 182 g/mol. The van der Waals surface area contributed by atoms with Crippen LogP contribution in [0.3, 0.4) is 0 Å². The van der Waals surface area contributed by atoms with Gasteiger partial charge in [0.1, 0.15) is 5.82 Å². The Bertz CT molecular complexity index is 273. The quantitative estimate of drug-likeness (QED) is 0.738. The second-order valence-corrected chi connectivity index (χ2v) is 3.26. The molecule has 2 nitrogen and oxygen atoms in total. The van der Waals surface area contributed by atoms with Crippen molar-refractivity contribution in [2.75, 3.05) is 6.54 Å². The Morgan fingerprint density at radius 3 is 2.62 bits per heavy atom. The molecule has 4 N–H and O–H groups in total. The van der Waals surface area contributed by atoms with Crippen LogP contribution in [-0.2, 0) is 0 Å².